The van der Waals surface area contributed by atoms with E-state index in [1.165, 1.54) is 5.56 Å². The normalized spacial score (nSPS) is 10.3. The second-order valence-electron chi connectivity index (χ2n) is 4.57. The average molecular weight is 335 g/mol. The molecule has 0 unspecified atom stereocenters. The highest BCUT2D eigenvalue weighted by Gasteiger charge is 1.97. The number of pyridine rings is 1. The molecule has 3 nitrogen and oxygen atoms in total. The number of aromatic nitrogens is 1. The fourth-order valence-corrected chi connectivity index (χ4v) is 1.96. The zero-order chi connectivity index (χ0) is 14.2. The third-order valence-corrected chi connectivity index (χ3v) is 3.38. The summed E-state index contributed by atoms with van der Waals surface area (Å²) >= 11 is 3.32. The zero-order valence-corrected chi connectivity index (χ0v) is 13.2. The molecule has 0 atom stereocenters. The highest BCUT2D eigenvalue weighted by Crippen LogP contribution is 2.15. The molecule has 0 bridgehead atoms. The number of unbranched alkanes of at least 4 members (excludes halogenated alkanes) is 1. The van der Waals surface area contributed by atoms with E-state index in [0.29, 0.717) is 0 Å². The topological polar surface area (TPSA) is 34.1 Å². The van der Waals surface area contributed by atoms with Crippen molar-refractivity contribution in [2.24, 2.45) is 0 Å². The summed E-state index contributed by atoms with van der Waals surface area (Å²) in [5, 5.41) is 3.34. The van der Waals surface area contributed by atoms with Crippen molar-refractivity contribution in [1.29, 1.82) is 0 Å². The quantitative estimate of drug-likeness (QED) is 0.591. The Hall–Kier alpha value is -1.55. The molecule has 0 fully saturated rings. The molecule has 1 aromatic carbocycles. The van der Waals surface area contributed by atoms with Crippen LogP contribution in [-0.2, 0) is 6.54 Å². The van der Waals surface area contributed by atoms with Gasteiger partial charge in [0.2, 0.25) is 0 Å². The van der Waals surface area contributed by atoms with Gasteiger partial charge in [-0.15, -0.1) is 0 Å². The van der Waals surface area contributed by atoms with Gasteiger partial charge in [0.25, 0.3) is 0 Å². The van der Waals surface area contributed by atoms with Crippen LogP contribution in [0.5, 0.6) is 5.75 Å². The second kappa shape index (κ2) is 7.90. The second-order valence-corrected chi connectivity index (χ2v) is 5.38. The van der Waals surface area contributed by atoms with Gasteiger partial charge < -0.3 is 10.1 Å². The summed E-state index contributed by atoms with van der Waals surface area (Å²) in [6.45, 7) is 3.73. The predicted molar refractivity (Wildman–Crippen MR) is 86.1 cm³/mol. The molecule has 0 aliphatic carbocycles. The molecule has 1 aromatic heterocycles. The first kappa shape index (κ1) is 14.9. The Morgan fingerprint density at radius 1 is 1.15 bits per heavy atom. The molecule has 106 valence electrons. The van der Waals surface area contributed by atoms with Crippen LogP contribution in [0, 0.1) is 0 Å². The lowest BCUT2D eigenvalue weighted by molar-refractivity contribution is 0.309. The first-order valence-electron chi connectivity index (χ1n) is 6.85. The summed E-state index contributed by atoms with van der Waals surface area (Å²) in [7, 11) is 0. The summed E-state index contributed by atoms with van der Waals surface area (Å²) in [5.74, 6) is 0.938. The number of halogens is 1. The summed E-state index contributed by atoms with van der Waals surface area (Å²) in [6.07, 6.45) is 4.06. The Morgan fingerprint density at radius 3 is 2.60 bits per heavy atom. The van der Waals surface area contributed by atoms with Crippen molar-refractivity contribution in [3.8, 4) is 5.75 Å². The Labute approximate surface area is 128 Å². The smallest absolute Gasteiger partial charge is 0.119 e. The molecule has 2 aromatic rings. The van der Waals surface area contributed by atoms with Gasteiger partial charge in [-0.3, -0.25) is 0 Å². The third kappa shape index (κ3) is 4.85. The number of nitrogens with zero attached hydrogens (tertiary/aromatic N) is 1. The molecule has 2 rings (SSSR count). The van der Waals surface area contributed by atoms with Gasteiger partial charge in [-0.05, 0) is 52.2 Å². The Balaban J connectivity index is 1.82. The standard InChI is InChI=1S/C16H19BrN2O/c1-2-3-10-20-15-7-4-13(5-8-15)11-18-14-6-9-16(17)19-12-14/h4-9,12,18H,2-3,10-11H2,1H3. The maximum Gasteiger partial charge on any atom is 0.119 e. The van der Waals surface area contributed by atoms with Crippen LogP contribution in [0.1, 0.15) is 25.3 Å². The minimum atomic E-state index is 0.776. The van der Waals surface area contributed by atoms with E-state index in [-0.39, 0.29) is 0 Å². The van der Waals surface area contributed by atoms with Crippen LogP contribution in [0.2, 0.25) is 0 Å². The fourth-order valence-electron chi connectivity index (χ4n) is 1.72. The van der Waals surface area contributed by atoms with Gasteiger partial charge in [0, 0.05) is 6.54 Å². The molecular formula is C16H19BrN2O. The Morgan fingerprint density at radius 2 is 1.95 bits per heavy atom. The van der Waals surface area contributed by atoms with Crippen molar-refractivity contribution in [3.05, 3.63) is 52.8 Å². The molecule has 0 aliphatic heterocycles. The molecule has 0 spiro atoms. The molecule has 0 amide bonds. The highest BCUT2D eigenvalue weighted by atomic mass is 79.9. The van der Waals surface area contributed by atoms with Crippen LogP contribution >= 0.6 is 15.9 Å². The van der Waals surface area contributed by atoms with Gasteiger partial charge in [0.15, 0.2) is 0 Å². The number of rotatable bonds is 7. The number of benzene rings is 1. The number of ether oxygens (including phenoxy) is 1. The lowest BCUT2D eigenvalue weighted by Gasteiger charge is -2.08. The largest absolute Gasteiger partial charge is 0.494 e. The van der Waals surface area contributed by atoms with Crippen LogP contribution in [-0.4, -0.2) is 11.6 Å². The van der Waals surface area contributed by atoms with E-state index in [4.69, 9.17) is 4.74 Å². The molecule has 1 heterocycles. The summed E-state index contributed by atoms with van der Waals surface area (Å²) in [6, 6.07) is 12.1. The molecule has 0 saturated carbocycles. The average Bonchev–Trinajstić information content (AvgIpc) is 2.48. The van der Waals surface area contributed by atoms with Crippen LogP contribution in [0.15, 0.2) is 47.2 Å². The summed E-state index contributed by atoms with van der Waals surface area (Å²) < 4.78 is 6.49. The van der Waals surface area contributed by atoms with Gasteiger partial charge in [-0.1, -0.05) is 25.5 Å². The van der Waals surface area contributed by atoms with Crippen molar-refractivity contribution in [1.82, 2.24) is 4.98 Å². The van der Waals surface area contributed by atoms with Gasteiger partial charge in [-0.25, -0.2) is 4.98 Å². The SMILES string of the molecule is CCCCOc1ccc(CNc2ccc(Br)nc2)cc1. The van der Waals surface area contributed by atoms with Gasteiger partial charge >= 0.3 is 0 Å². The molecule has 0 saturated heterocycles. The number of hydrogen-bond donors (Lipinski definition) is 1. The molecular weight excluding hydrogens is 316 g/mol. The molecule has 4 heteroatoms. The van der Waals surface area contributed by atoms with Crippen LogP contribution < -0.4 is 10.1 Å². The highest BCUT2D eigenvalue weighted by molar-refractivity contribution is 9.10. The van der Waals surface area contributed by atoms with E-state index >= 15 is 0 Å². The van der Waals surface area contributed by atoms with Crippen molar-refractivity contribution >= 4 is 21.6 Å². The van der Waals surface area contributed by atoms with E-state index in [9.17, 15) is 0 Å². The minimum Gasteiger partial charge on any atom is -0.494 e. The first-order chi connectivity index (χ1) is 9.78. The van der Waals surface area contributed by atoms with Gasteiger partial charge in [0.1, 0.15) is 10.4 Å². The first-order valence-corrected chi connectivity index (χ1v) is 7.64. The Kier molecular flexibility index (Phi) is 5.87. The molecule has 20 heavy (non-hydrogen) atoms. The number of nitrogens with one attached hydrogen (secondary N) is 1. The van der Waals surface area contributed by atoms with Crippen molar-refractivity contribution < 1.29 is 4.74 Å². The lowest BCUT2D eigenvalue weighted by Crippen LogP contribution is -2.00. The van der Waals surface area contributed by atoms with Crippen molar-refractivity contribution in [2.45, 2.75) is 26.3 Å². The molecule has 0 radical (unpaired) electrons. The van der Waals surface area contributed by atoms with Gasteiger partial charge in [-0.2, -0.15) is 0 Å². The van der Waals surface area contributed by atoms with Crippen LogP contribution in [0.25, 0.3) is 0 Å². The third-order valence-electron chi connectivity index (χ3n) is 2.91. The monoisotopic (exact) mass is 334 g/mol. The predicted octanol–water partition coefficient (Wildman–Crippen LogP) is 4.64. The van der Waals surface area contributed by atoms with Crippen LogP contribution in [0.4, 0.5) is 5.69 Å². The Bertz CT molecular complexity index is 511. The molecule has 1 N–H and O–H groups in total. The van der Waals surface area contributed by atoms with Crippen molar-refractivity contribution in [3.63, 3.8) is 0 Å². The lowest BCUT2D eigenvalue weighted by atomic mass is 10.2. The zero-order valence-electron chi connectivity index (χ0n) is 11.6. The summed E-state index contributed by atoms with van der Waals surface area (Å²) in [5.41, 5.74) is 2.23. The minimum absolute atomic E-state index is 0.776. The van der Waals surface area contributed by atoms with E-state index in [1.807, 2.05) is 30.5 Å². The molecule has 0 aliphatic rings. The van der Waals surface area contributed by atoms with E-state index in [1.54, 1.807) is 0 Å². The van der Waals surface area contributed by atoms with Crippen molar-refractivity contribution in [2.75, 3.05) is 11.9 Å². The summed E-state index contributed by atoms with van der Waals surface area (Å²) in [4.78, 5) is 4.18. The van der Waals surface area contributed by atoms with E-state index in [2.05, 4.69) is 45.3 Å². The number of anilines is 1. The fraction of sp³-hybridized carbons (Fsp3) is 0.312. The number of hydrogen-bond acceptors (Lipinski definition) is 3. The maximum atomic E-state index is 5.64. The van der Waals surface area contributed by atoms with Crippen LogP contribution in [0.3, 0.4) is 0 Å². The van der Waals surface area contributed by atoms with Gasteiger partial charge in [0.05, 0.1) is 18.5 Å². The maximum absolute atomic E-state index is 5.64. The van der Waals surface area contributed by atoms with E-state index < -0.39 is 0 Å². The van der Waals surface area contributed by atoms with E-state index in [0.717, 1.165) is 42.0 Å².